The Balaban J connectivity index is 0.000000176. The number of methoxy groups -OCH3 is 4. The number of aldehydes is 1. The van der Waals surface area contributed by atoms with Gasteiger partial charge in [0.2, 0.25) is 23.6 Å². The highest BCUT2D eigenvalue weighted by Crippen LogP contribution is 2.40. The Morgan fingerprint density at radius 3 is 1.31 bits per heavy atom. The minimum Gasteiger partial charge on any atom is -0.496 e. The van der Waals surface area contributed by atoms with Crippen LogP contribution in [0, 0.1) is 0 Å². The second kappa shape index (κ2) is 34.7. The highest BCUT2D eigenvalue weighted by molar-refractivity contribution is 6.24. The van der Waals surface area contributed by atoms with Crippen molar-refractivity contribution in [2.24, 2.45) is 19.8 Å². The topological polar surface area (TPSA) is 382 Å². The normalized spacial score (nSPS) is 17.5. The molecule has 4 fully saturated rings. The molecular weight excluding hydrogens is 1410 g/mol. The molecule has 2 unspecified atom stereocenters. The van der Waals surface area contributed by atoms with Gasteiger partial charge in [0.15, 0.2) is 6.29 Å². The maximum Gasteiger partial charge on any atom is 0.290 e. The van der Waals surface area contributed by atoms with Gasteiger partial charge in [-0.05, 0) is 166 Å². The van der Waals surface area contributed by atoms with Gasteiger partial charge in [-0.3, -0.25) is 103 Å². The molecule has 109 heavy (non-hydrogen) atoms. The number of rotatable bonds is 20. The van der Waals surface area contributed by atoms with Crippen molar-refractivity contribution in [3.05, 3.63) is 164 Å². The third kappa shape index (κ3) is 16.9. The fraction of sp³-hybridized carbons (Fsp3) is 0.359. The Morgan fingerprint density at radius 1 is 0.523 bits per heavy atom. The van der Waals surface area contributed by atoms with Crippen molar-refractivity contribution in [3.8, 4) is 56.8 Å². The second-order valence-corrected chi connectivity index (χ2v) is 26.8. The van der Waals surface area contributed by atoms with Gasteiger partial charge in [-0.25, -0.2) is 0 Å². The summed E-state index contributed by atoms with van der Waals surface area (Å²) in [6, 6.07) is 19.3. The number of nitrogens with two attached hydrogens (primary N) is 1. The predicted molar refractivity (Wildman–Crippen MR) is 397 cm³/mol. The highest BCUT2D eigenvalue weighted by Gasteiger charge is 2.46. The van der Waals surface area contributed by atoms with Crippen molar-refractivity contribution in [1.82, 2.24) is 54.2 Å². The van der Waals surface area contributed by atoms with E-state index in [9.17, 15) is 52.7 Å². The molecule has 8 amide bonds. The lowest BCUT2D eigenvalue weighted by molar-refractivity contribution is -0.137. The number of carboxylic acid groups (broad SMARTS) is 1. The summed E-state index contributed by atoms with van der Waals surface area (Å²) in [6.45, 7) is 6.37. The summed E-state index contributed by atoms with van der Waals surface area (Å²) in [5.74, 6) is -0.994. The lowest BCUT2D eigenvalue weighted by atomic mass is 9.98. The first kappa shape index (κ1) is 78.0. The van der Waals surface area contributed by atoms with Crippen LogP contribution in [0.1, 0.15) is 109 Å². The molecule has 14 rings (SSSR count). The fourth-order valence-corrected chi connectivity index (χ4v) is 14.4. The van der Waals surface area contributed by atoms with Crippen molar-refractivity contribution < 1.29 is 81.5 Å². The van der Waals surface area contributed by atoms with E-state index >= 15 is 0 Å². The quantitative estimate of drug-likeness (QED) is 0.0575. The average molecular weight is 1490 g/mol. The standard InChI is InChI=1S/C39H42N6O8.C20H24N4O5.C18H16N2O4.CH2O2/c1-42(22-31-33(51-3)17-23(18-34(31)52-4)30-21-43(2)37(48)29-20-40-12-9-26(29)30)24-10-13-44(14-11-24)15-16-53-25-5-6-27-28(19-25)39(50)45(38(27)49)32-7-8-35(46)41-36(32)47;21-12-5-7-23(8-6-12)9-10-29-13-1-2-14-15(11-13)20(28)24(19(14)27)16-3-4-17(25)22-18(16)26;1-20-9-14(12-4-5-19-8-13(12)18(20)22)11-6-16(23-2)15(10-21)17(7-11)24-3;2-1-3/h5-6,9,12,17-21,24,32H,7-8,10-11,13-16,22H2,1-4H3,(H,41,46,47);1-2,11-12,16H,3-10,21H2,(H,22,25,26);4-10H,1-3H3;1H,(H,2,3). The minimum absolute atomic E-state index is 0.0696. The number of amides is 8. The molecule has 0 bridgehead atoms. The Kier molecular flexibility index (Phi) is 24.8. The maximum absolute atomic E-state index is 13.2. The van der Waals surface area contributed by atoms with E-state index in [0.29, 0.717) is 89.5 Å². The van der Waals surface area contributed by atoms with E-state index in [-0.39, 0.29) is 71.6 Å². The van der Waals surface area contributed by atoms with Gasteiger partial charge in [0, 0.05) is 107 Å². The average Bonchev–Trinajstić information content (AvgIpc) is 1.72. The Morgan fingerprint density at radius 2 is 0.917 bits per heavy atom. The molecule has 570 valence electrons. The Labute approximate surface area is 625 Å². The Bertz CT molecular complexity index is 4960. The number of nitrogens with zero attached hydrogens (tertiary/aromatic N) is 9. The molecule has 31 nitrogen and oxygen atoms in total. The number of fused-ring (bicyclic) bond motifs is 4. The number of aromatic nitrogens is 4. The summed E-state index contributed by atoms with van der Waals surface area (Å²) in [4.78, 5) is 161. The number of likely N-dealkylation sites (tertiary alicyclic amines) is 2. The molecule has 31 heteroatoms. The molecule has 4 aromatic carbocycles. The number of benzene rings is 4. The van der Waals surface area contributed by atoms with Gasteiger partial charge in [-0.15, -0.1) is 0 Å². The molecule has 4 aromatic heterocycles. The van der Waals surface area contributed by atoms with Gasteiger partial charge in [0.1, 0.15) is 59.8 Å². The van der Waals surface area contributed by atoms with E-state index in [2.05, 4.69) is 42.3 Å². The molecule has 0 radical (unpaired) electrons. The molecule has 0 saturated carbocycles. The number of ether oxygens (including phenoxy) is 6. The smallest absolute Gasteiger partial charge is 0.290 e. The lowest BCUT2D eigenvalue weighted by Crippen LogP contribution is -2.54. The number of hydrogen-bond donors (Lipinski definition) is 4. The van der Waals surface area contributed by atoms with Crippen molar-refractivity contribution >= 4 is 81.6 Å². The van der Waals surface area contributed by atoms with Crippen LogP contribution in [0.2, 0.25) is 0 Å². The molecule has 6 aliphatic heterocycles. The maximum atomic E-state index is 13.2. The van der Waals surface area contributed by atoms with Gasteiger partial charge in [-0.1, -0.05) is 0 Å². The van der Waals surface area contributed by atoms with Crippen molar-refractivity contribution in [2.75, 3.05) is 88.0 Å². The van der Waals surface area contributed by atoms with Crippen LogP contribution in [0.25, 0.3) is 43.8 Å². The van der Waals surface area contributed by atoms with E-state index in [4.69, 9.17) is 44.1 Å². The molecule has 6 aliphatic rings. The van der Waals surface area contributed by atoms with Crippen LogP contribution in [-0.2, 0) is 44.6 Å². The lowest BCUT2D eigenvalue weighted by Gasteiger charge is -2.37. The molecule has 0 spiro atoms. The van der Waals surface area contributed by atoms with Crippen LogP contribution in [0.3, 0.4) is 0 Å². The van der Waals surface area contributed by atoms with Crippen LogP contribution >= 0.6 is 0 Å². The first-order valence-electron chi connectivity index (χ1n) is 35.3. The van der Waals surface area contributed by atoms with E-state index < -0.39 is 59.3 Å². The second-order valence-electron chi connectivity index (χ2n) is 26.8. The van der Waals surface area contributed by atoms with Gasteiger partial charge in [0.05, 0.1) is 72.6 Å². The van der Waals surface area contributed by atoms with E-state index in [0.717, 1.165) is 107 Å². The zero-order valence-corrected chi connectivity index (χ0v) is 61.3. The molecule has 2 atom stereocenters. The van der Waals surface area contributed by atoms with Crippen LogP contribution in [0.4, 0.5) is 0 Å². The van der Waals surface area contributed by atoms with Gasteiger partial charge < -0.3 is 48.4 Å². The number of imide groups is 4. The molecule has 4 saturated heterocycles. The molecule has 10 heterocycles. The third-order valence-corrected chi connectivity index (χ3v) is 20.3. The van der Waals surface area contributed by atoms with Crippen molar-refractivity contribution in [2.45, 2.75) is 82.1 Å². The van der Waals surface area contributed by atoms with Crippen LogP contribution in [0.5, 0.6) is 34.5 Å². The van der Waals surface area contributed by atoms with Gasteiger partial charge in [0.25, 0.3) is 41.2 Å². The first-order valence-corrected chi connectivity index (χ1v) is 35.3. The predicted octanol–water partition coefficient (Wildman–Crippen LogP) is 5.01. The van der Waals surface area contributed by atoms with Crippen LogP contribution < -0.4 is 55.9 Å². The van der Waals surface area contributed by atoms with Crippen LogP contribution in [0.15, 0.2) is 120 Å². The number of piperidine rings is 4. The van der Waals surface area contributed by atoms with Gasteiger partial charge in [-0.2, -0.15) is 0 Å². The van der Waals surface area contributed by atoms with E-state index in [1.165, 1.54) is 18.8 Å². The summed E-state index contributed by atoms with van der Waals surface area (Å²) in [5, 5.41) is 13.9. The summed E-state index contributed by atoms with van der Waals surface area (Å²) < 4.78 is 37.3. The summed E-state index contributed by atoms with van der Waals surface area (Å²) in [7, 11) is 11.8. The monoisotopic (exact) mass is 1490 g/mol. The molecule has 5 N–H and O–H groups in total. The number of carbonyl (C=O) groups excluding carboxylic acids is 9. The van der Waals surface area contributed by atoms with E-state index in [1.54, 1.807) is 118 Å². The molecular formula is C78H84N12O19. The van der Waals surface area contributed by atoms with Crippen LogP contribution in [-0.4, -0.2) is 221 Å². The van der Waals surface area contributed by atoms with Crippen molar-refractivity contribution in [3.63, 3.8) is 0 Å². The highest BCUT2D eigenvalue weighted by atomic mass is 16.5. The largest absolute Gasteiger partial charge is 0.496 e. The number of pyridine rings is 4. The number of carbonyl (C=O) groups is 10. The number of nitrogens with one attached hydrogen (secondary N) is 2. The minimum atomic E-state index is -1.01. The van der Waals surface area contributed by atoms with Crippen molar-refractivity contribution in [1.29, 1.82) is 0 Å². The number of hydrogen-bond acceptors (Lipinski definition) is 24. The zero-order chi connectivity index (χ0) is 77.9. The first-order chi connectivity index (χ1) is 52.5. The summed E-state index contributed by atoms with van der Waals surface area (Å²) in [5.41, 5.74) is 11.2. The summed E-state index contributed by atoms with van der Waals surface area (Å²) in [6.07, 6.45) is 15.0. The zero-order valence-electron chi connectivity index (χ0n) is 61.3. The third-order valence-electron chi connectivity index (χ3n) is 20.3. The van der Waals surface area contributed by atoms with Gasteiger partial charge >= 0.3 is 0 Å². The molecule has 0 aliphatic carbocycles. The Hall–Kier alpha value is -12.1. The molecule has 8 aromatic rings. The SMILES string of the molecule is COc1cc(-c2cn(C)c(=O)c3cnccc23)cc(OC)c1C=O.COc1cc(-c2cn(C)c(=O)c3cnccc23)cc(OC)c1CN(C)C1CCN(CCOc2ccc3c(c2)C(=O)N(C2CCC(=O)NC2=O)C3=O)CC1.NC1CCN(CCOc2ccc3c(c2)C(=O)N(C2CCC(=O)NC2=O)C3=O)CC1.O=CO. The summed E-state index contributed by atoms with van der Waals surface area (Å²) >= 11 is 0. The number of aryl methyl sites for hydroxylation is 2. The van der Waals surface area contributed by atoms with E-state index in [1.807, 2.05) is 24.4 Å². The fourth-order valence-electron chi connectivity index (χ4n) is 14.4.